The Hall–Kier alpha value is -2.59. The van der Waals surface area contributed by atoms with Crippen LogP contribution in [0.3, 0.4) is 0 Å². The maximum atomic E-state index is 13.4. The number of alkyl halides is 8. The Kier molecular flexibility index (Phi) is 4.62. The lowest BCUT2D eigenvalue weighted by atomic mass is 9.75. The van der Waals surface area contributed by atoms with Crippen LogP contribution in [0.25, 0.3) is 0 Å². The number of ether oxygens (including phenoxy) is 1. The first-order valence-corrected chi connectivity index (χ1v) is 8.93. The fourth-order valence-corrected chi connectivity index (χ4v) is 4.24. The molecule has 4 rings (SSSR count). The predicted molar refractivity (Wildman–Crippen MR) is 89.5 cm³/mol. The van der Waals surface area contributed by atoms with Gasteiger partial charge in [-0.1, -0.05) is 12.1 Å². The van der Waals surface area contributed by atoms with Gasteiger partial charge in [-0.3, -0.25) is 4.99 Å². The van der Waals surface area contributed by atoms with Gasteiger partial charge in [0, 0.05) is 6.20 Å². The summed E-state index contributed by atoms with van der Waals surface area (Å²) in [5.41, 5.74) is -3.05. The maximum absolute atomic E-state index is 13.4. The van der Waals surface area contributed by atoms with Gasteiger partial charge in [-0.25, -0.2) is 0 Å². The van der Waals surface area contributed by atoms with Crippen molar-refractivity contribution < 1.29 is 39.9 Å². The van der Waals surface area contributed by atoms with Crippen molar-refractivity contribution in [2.75, 3.05) is 6.54 Å². The SMILES string of the molecule is FC(F)OC1=CC(C(F)(F)F)=CN2C[C@]3(CCCc4c(C(F)(F)F)cccc43)N=C12. The molecule has 0 fully saturated rings. The van der Waals surface area contributed by atoms with E-state index in [1.165, 1.54) is 12.1 Å². The lowest BCUT2D eigenvalue weighted by molar-refractivity contribution is -0.138. The van der Waals surface area contributed by atoms with Crippen LogP contribution in [0.1, 0.15) is 29.5 Å². The molecule has 162 valence electrons. The smallest absolute Gasteiger partial charge is 0.417 e. The van der Waals surface area contributed by atoms with Gasteiger partial charge >= 0.3 is 19.0 Å². The van der Waals surface area contributed by atoms with Crippen LogP contribution in [0.2, 0.25) is 0 Å². The van der Waals surface area contributed by atoms with Crippen LogP contribution >= 0.6 is 0 Å². The molecule has 2 heterocycles. The van der Waals surface area contributed by atoms with E-state index >= 15 is 0 Å². The quantitative estimate of drug-likeness (QED) is 0.567. The molecule has 30 heavy (non-hydrogen) atoms. The second-order valence-electron chi connectivity index (χ2n) is 7.25. The summed E-state index contributed by atoms with van der Waals surface area (Å²) in [6.07, 6.45) is -7.57. The molecule has 3 nitrogen and oxygen atoms in total. The van der Waals surface area contributed by atoms with Gasteiger partial charge in [-0.2, -0.15) is 35.1 Å². The molecule has 0 aromatic heterocycles. The van der Waals surface area contributed by atoms with Crippen LogP contribution in [-0.4, -0.2) is 30.1 Å². The minimum atomic E-state index is -4.83. The molecule has 1 spiro atoms. The van der Waals surface area contributed by atoms with Crippen LogP contribution in [-0.2, 0) is 22.9 Å². The molecule has 0 unspecified atom stereocenters. The third-order valence-electron chi connectivity index (χ3n) is 5.37. The van der Waals surface area contributed by atoms with E-state index in [4.69, 9.17) is 0 Å². The first-order valence-electron chi connectivity index (χ1n) is 8.93. The zero-order valence-electron chi connectivity index (χ0n) is 15.1. The molecule has 1 aliphatic carbocycles. The standard InChI is InChI=1S/C19H14F8N2O/c20-16(21)30-14-7-10(18(22,23)24)8-29-9-17(28-15(14)29)6-2-3-11-12(17)4-1-5-13(11)19(25,26)27/h1,4-5,7-8,16H,2-3,6,9H2/t17-/m0/s1. The molecule has 0 N–H and O–H groups in total. The topological polar surface area (TPSA) is 24.8 Å². The van der Waals surface area contributed by atoms with Crippen molar-refractivity contribution in [3.63, 3.8) is 0 Å². The number of fused-ring (bicyclic) bond motifs is 3. The Balaban J connectivity index is 1.83. The Labute approximate surface area is 165 Å². The molecular formula is C19H14F8N2O. The summed E-state index contributed by atoms with van der Waals surface area (Å²) in [6.45, 7) is -3.60. The third kappa shape index (κ3) is 3.43. The molecule has 11 heteroatoms. The fraction of sp³-hybridized carbons (Fsp3) is 0.421. The summed E-state index contributed by atoms with van der Waals surface area (Å²) in [5, 5.41) is 0. The largest absolute Gasteiger partial charge is 0.431 e. The van der Waals surface area contributed by atoms with Crippen molar-refractivity contribution in [2.45, 2.75) is 43.8 Å². The van der Waals surface area contributed by atoms with E-state index < -0.39 is 41.4 Å². The van der Waals surface area contributed by atoms with E-state index in [2.05, 4.69) is 9.73 Å². The maximum Gasteiger partial charge on any atom is 0.417 e. The predicted octanol–water partition coefficient (Wildman–Crippen LogP) is 5.53. The summed E-state index contributed by atoms with van der Waals surface area (Å²) in [5.74, 6) is -1.02. The molecule has 0 amide bonds. The Morgan fingerprint density at radius 3 is 2.43 bits per heavy atom. The number of halogens is 8. The van der Waals surface area contributed by atoms with Gasteiger partial charge in [0.05, 0.1) is 17.7 Å². The van der Waals surface area contributed by atoms with Crippen LogP contribution in [0.15, 0.2) is 46.8 Å². The number of nitrogens with zero attached hydrogens (tertiary/aromatic N) is 2. The number of allylic oxidation sites excluding steroid dienone is 2. The highest BCUT2D eigenvalue weighted by atomic mass is 19.4. The Morgan fingerprint density at radius 2 is 1.80 bits per heavy atom. The Morgan fingerprint density at radius 1 is 1.07 bits per heavy atom. The summed E-state index contributed by atoms with van der Waals surface area (Å²) in [4.78, 5) is 5.38. The van der Waals surface area contributed by atoms with Gasteiger partial charge in [-0.15, -0.1) is 0 Å². The van der Waals surface area contributed by atoms with E-state index in [9.17, 15) is 35.1 Å². The highest BCUT2D eigenvalue weighted by Gasteiger charge is 2.49. The fourth-order valence-electron chi connectivity index (χ4n) is 4.24. The van der Waals surface area contributed by atoms with Crippen LogP contribution < -0.4 is 0 Å². The van der Waals surface area contributed by atoms with Gasteiger partial charge in [0.15, 0.2) is 11.6 Å². The molecule has 1 aromatic rings. The molecule has 0 radical (unpaired) electrons. The van der Waals surface area contributed by atoms with Crippen molar-refractivity contribution >= 4 is 5.84 Å². The minimum Gasteiger partial charge on any atom is -0.431 e. The first-order chi connectivity index (χ1) is 13.9. The van der Waals surface area contributed by atoms with Crippen molar-refractivity contribution in [3.8, 4) is 0 Å². The van der Waals surface area contributed by atoms with Gasteiger partial charge in [0.25, 0.3) is 0 Å². The van der Waals surface area contributed by atoms with Crippen molar-refractivity contribution in [2.24, 2.45) is 4.99 Å². The summed E-state index contributed by atoms with van der Waals surface area (Å²) in [7, 11) is 0. The molecule has 0 saturated carbocycles. The van der Waals surface area contributed by atoms with Crippen LogP contribution in [0.4, 0.5) is 35.1 Å². The number of hydrogen-bond acceptors (Lipinski definition) is 3. The molecule has 1 atom stereocenters. The highest BCUT2D eigenvalue weighted by molar-refractivity contribution is 6.00. The Bertz CT molecular complexity index is 960. The second-order valence-corrected chi connectivity index (χ2v) is 7.25. The molecule has 0 bridgehead atoms. The second kappa shape index (κ2) is 6.71. The zero-order chi connectivity index (χ0) is 21.9. The monoisotopic (exact) mass is 438 g/mol. The zero-order valence-corrected chi connectivity index (χ0v) is 15.1. The summed E-state index contributed by atoms with van der Waals surface area (Å²) < 4.78 is 110. The highest BCUT2D eigenvalue weighted by Crippen LogP contribution is 2.48. The molecule has 2 aliphatic heterocycles. The number of benzene rings is 1. The van der Waals surface area contributed by atoms with Crippen molar-refractivity contribution in [1.29, 1.82) is 0 Å². The number of hydrogen-bond donors (Lipinski definition) is 0. The lowest BCUT2D eigenvalue weighted by Crippen LogP contribution is -2.37. The third-order valence-corrected chi connectivity index (χ3v) is 5.37. The number of rotatable bonds is 2. The van der Waals surface area contributed by atoms with E-state index in [1.54, 1.807) is 0 Å². The number of aliphatic imine (C=N–C) groups is 1. The normalized spacial score (nSPS) is 23.8. The summed E-state index contributed by atoms with van der Waals surface area (Å²) in [6, 6.07) is 3.62. The molecule has 0 saturated heterocycles. The lowest BCUT2D eigenvalue weighted by Gasteiger charge is -2.35. The van der Waals surface area contributed by atoms with E-state index in [-0.39, 0.29) is 36.3 Å². The average Bonchev–Trinajstić information content (AvgIpc) is 2.99. The van der Waals surface area contributed by atoms with E-state index in [0.29, 0.717) is 18.7 Å². The number of amidine groups is 1. The van der Waals surface area contributed by atoms with Gasteiger partial charge in [0.2, 0.25) is 0 Å². The minimum absolute atomic E-state index is 0.0285. The van der Waals surface area contributed by atoms with Crippen molar-refractivity contribution in [1.82, 2.24) is 4.90 Å². The van der Waals surface area contributed by atoms with Crippen LogP contribution in [0, 0.1) is 0 Å². The van der Waals surface area contributed by atoms with Gasteiger partial charge in [0.1, 0.15) is 5.54 Å². The van der Waals surface area contributed by atoms with Crippen LogP contribution in [0.5, 0.6) is 0 Å². The summed E-state index contributed by atoms with van der Waals surface area (Å²) >= 11 is 0. The molecular weight excluding hydrogens is 424 g/mol. The van der Waals surface area contributed by atoms with Gasteiger partial charge in [-0.05, 0) is 42.5 Å². The first kappa shape index (κ1) is 20.7. The van der Waals surface area contributed by atoms with Gasteiger partial charge < -0.3 is 9.64 Å². The average molecular weight is 438 g/mol. The van der Waals surface area contributed by atoms with Crippen molar-refractivity contribution in [3.05, 3.63) is 58.5 Å². The molecule has 1 aromatic carbocycles. The van der Waals surface area contributed by atoms with E-state index in [1.807, 2.05) is 0 Å². The van der Waals surface area contributed by atoms with E-state index in [0.717, 1.165) is 11.0 Å². The molecule has 3 aliphatic rings.